The van der Waals surface area contributed by atoms with Gasteiger partial charge in [0.15, 0.2) is 0 Å². The number of benzene rings is 1. The third-order valence-corrected chi connectivity index (χ3v) is 6.42. The molecule has 0 spiro atoms. The molecular weight excluding hydrogens is 374 g/mol. The molecule has 1 heterocycles. The maximum Gasteiger partial charge on any atom is 0.320 e. The van der Waals surface area contributed by atoms with Gasteiger partial charge in [-0.15, -0.1) is 0 Å². The van der Waals surface area contributed by atoms with Crippen LogP contribution in [0.15, 0.2) is 24.3 Å². The van der Waals surface area contributed by atoms with Gasteiger partial charge in [0.1, 0.15) is 0 Å². The van der Waals surface area contributed by atoms with E-state index in [9.17, 15) is 9.59 Å². The number of rotatable bonds is 5. The Morgan fingerprint density at radius 1 is 1.18 bits per heavy atom. The predicted molar refractivity (Wildman–Crippen MR) is 113 cm³/mol. The van der Waals surface area contributed by atoms with Gasteiger partial charge in [0.2, 0.25) is 5.91 Å². The molecule has 0 atom stereocenters. The lowest BCUT2D eigenvalue weighted by Crippen LogP contribution is -2.51. The zero-order valence-electron chi connectivity index (χ0n) is 17.2. The van der Waals surface area contributed by atoms with Crippen LogP contribution in [0.25, 0.3) is 0 Å². The normalized spacial score (nSPS) is 22.7. The second kappa shape index (κ2) is 9.17. The molecule has 3 rings (SSSR count). The van der Waals surface area contributed by atoms with Crippen molar-refractivity contribution in [3.05, 3.63) is 34.9 Å². The van der Waals surface area contributed by atoms with E-state index < -0.39 is 0 Å². The fourth-order valence-electron chi connectivity index (χ4n) is 4.30. The summed E-state index contributed by atoms with van der Waals surface area (Å²) in [5.41, 5.74) is 1.30. The number of carbonyl (C=O) groups excluding carboxylic acids is 2. The van der Waals surface area contributed by atoms with Crippen LogP contribution < -0.4 is 5.32 Å². The van der Waals surface area contributed by atoms with Gasteiger partial charge < -0.3 is 15.1 Å². The van der Waals surface area contributed by atoms with Crippen LogP contribution in [0.1, 0.15) is 57.9 Å². The Labute approximate surface area is 173 Å². The van der Waals surface area contributed by atoms with E-state index in [4.69, 9.17) is 11.6 Å². The average molecular weight is 406 g/mol. The highest BCUT2D eigenvalue weighted by Gasteiger charge is 2.35. The zero-order valence-corrected chi connectivity index (χ0v) is 17.9. The number of nitrogens with zero attached hydrogens (tertiary/aromatic N) is 2. The Morgan fingerprint density at radius 2 is 1.79 bits per heavy atom. The molecule has 154 valence electrons. The van der Waals surface area contributed by atoms with E-state index >= 15 is 0 Å². The first-order valence-corrected chi connectivity index (χ1v) is 10.9. The van der Waals surface area contributed by atoms with Crippen LogP contribution >= 0.6 is 11.6 Å². The molecule has 0 bridgehead atoms. The molecule has 5 nitrogen and oxygen atoms in total. The first-order valence-electron chi connectivity index (χ1n) is 10.5. The molecule has 2 aliphatic rings. The van der Waals surface area contributed by atoms with E-state index in [1.807, 2.05) is 42.7 Å². The number of hydrogen-bond donors (Lipinski definition) is 1. The molecular formula is C22H32ClN3O2. The molecule has 1 aliphatic heterocycles. The largest absolute Gasteiger partial charge is 0.353 e. The van der Waals surface area contributed by atoms with Crippen LogP contribution in [0, 0.1) is 5.92 Å². The second-order valence-electron chi connectivity index (χ2n) is 8.35. The van der Waals surface area contributed by atoms with Crippen LogP contribution in [0.5, 0.6) is 0 Å². The molecule has 1 N–H and O–H groups in total. The van der Waals surface area contributed by atoms with Crippen molar-refractivity contribution in [2.45, 2.75) is 64.5 Å². The maximum atomic E-state index is 12.6. The standard InChI is InChI=1S/C22H32ClN3O2/c1-4-26(15(2)3)22(28)25-11-9-17(10-12-25)21(27)24-20-13-18(14-20)16-5-7-19(23)8-6-16/h5-8,15,17-18,20H,4,9-14H2,1-3H3,(H,24,27). The molecule has 28 heavy (non-hydrogen) atoms. The third kappa shape index (κ3) is 4.80. The van der Waals surface area contributed by atoms with E-state index in [1.54, 1.807) is 0 Å². The number of amides is 3. The van der Waals surface area contributed by atoms with E-state index in [-0.39, 0.29) is 29.9 Å². The Balaban J connectivity index is 1.41. The van der Waals surface area contributed by atoms with Gasteiger partial charge in [-0.05, 0) is 70.1 Å². The highest BCUT2D eigenvalue weighted by Crippen LogP contribution is 2.37. The van der Waals surface area contributed by atoms with E-state index in [0.717, 1.165) is 30.7 Å². The Kier molecular flexibility index (Phi) is 6.86. The SMILES string of the molecule is CCN(C(=O)N1CCC(C(=O)NC2CC(c3ccc(Cl)cc3)C2)CC1)C(C)C. The number of urea groups is 1. The number of halogens is 1. The van der Waals surface area contributed by atoms with Crippen molar-refractivity contribution >= 4 is 23.5 Å². The van der Waals surface area contributed by atoms with Gasteiger partial charge in [0, 0.05) is 42.7 Å². The molecule has 2 fully saturated rings. The van der Waals surface area contributed by atoms with Crippen molar-refractivity contribution < 1.29 is 9.59 Å². The first-order chi connectivity index (χ1) is 13.4. The first kappa shape index (κ1) is 21.0. The summed E-state index contributed by atoms with van der Waals surface area (Å²) in [7, 11) is 0. The molecule has 1 aromatic rings. The monoisotopic (exact) mass is 405 g/mol. The fraction of sp³-hybridized carbons (Fsp3) is 0.636. The minimum Gasteiger partial charge on any atom is -0.353 e. The summed E-state index contributed by atoms with van der Waals surface area (Å²) in [5.74, 6) is 0.689. The Hall–Kier alpha value is -1.75. The van der Waals surface area contributed by atoms with E-state index in [0.29, 0.717) is 25.6 Å². The number of nitrogens with one attached hydrogen (secondary N) is 1. The summed E-state index contributed by atoms with van der Waals surface area (Å²) >= 11 is 5.95. The van der Waals surface area contributed by atoms with Gasteiger partial charge >= 0.3 is 6.03 Å². The zero-order chi connectivity index (χ0) is 20.3. The summed E-state index contributed by atoms with van der Waals surface area (Å²) in [6.07, 6.45) is 3.48. The van der Waals surface area contributed by atoms with Crippen LogP contribution in [0.3, 0.4) is 0 Å². The minimum atomic E-state index is 0.0211. The third-order valence-electron chi connectivity index (χ3n) is 6.17. The van der Waals surface area contributed by atoms with E-state index in [2.05, 4.69) is 17.4 Å². The summed E-state index contributed by atoms with van der Waals surface area (Å²) in [4.78, 5) is 29.0. The molecule has 1 saturated heterocycles. The van der Waals surface area contributed by atoms with Crippen LogP contribution in [-0.2, 0) is 4.79 Å². The molecule has 3 amide bonds. The quantitative estimate of drug-likeness (QED) is 0.795. The topological polar surface area (TPSA) is 52.7 Å². The lowest BCUT2D eigenvalue weighted by atomic mass is 9.75. The van der Waals surface area contributed by atoms with Crippen molar-refractivity contribution in [2.75, 3.05) is 19.6 Å². The summed E-state index contributed by atoms with van der Waals surface area (Å²) in [6.45, 7) is 8.13. The summed E-state index contributed by atoms with van der Waals surface area (Å²) < 4.78 is 0. The fourth-order valence-corrected chi connectivity index (χ4v) is 4.42. The highest BCUT2D eigenvalue weighted by molar-refractivity contribution is 6.30. The van der Waals surface area contributed by atoms with Gasteiger partial charge in [-0.1, -0.05) is 23.7 Å². The predicted octanol–water partition coefficient (Wildman–Crippen LogP) is 4.26. The maximum absolute atomic E-state index is 12.6. The molecule has 1 aliphatic carbocycles. The van der Waals surface area contributed by atoms with Crippen LogP contribution in [0.4, 0.5) is 4.79 Å². The second-order valence-corrected chi connectivity index (χ2v) is 8.79. The van der Waals surface area contributed by atoms with Crippen LogP contribution in [0.2, 0.25) is 5.02 Å². The van der Waals surface area contributed by atoms with Crippen molar-refractivity contribution in [1.29, 1.82) is 0 Å². The molecule has 1 aromatic carbocycles. The van der Waals surface area contributed by atoms with Gasteiger partial charge in [0.05, 0.1) is 0 Å². The van der Waals surface area contributed by atoms with Gasteiger partial charge in [0.25, 0.3) is 0 Å². The molecule has 0 aromatic heterocycles. The van der Waals surface area contributed by atoms with Crippen molar-refractivity contribution in [1.82, 2.24) is 15.1 Å². The number of likely N-dealkylation sites (tertiary alicyclic amines) is 1. The summed E-state index contributed by atoms with van der Waals surface area (Å²) in [5, 5.41) is 3.97. The lowest BCUT2D eigenvalue weighted by molar-refractivity contribution is -0.127. The highest BCUT2D eigenvalue weighted by atomic mass is 35.5. The van der Waals surface area contributed by atoms with Crippen molar-refractivity contribution in [3.63, 3.8) is 0 Å². The number of hydrogen-bond acceptors (Lipinski definition) is 2. The average Bonchev–Trinajstić information content (AvgIpc) is 2.65. The molecule has 1 saturated carbocycles. The van der Waals surface area contributed by atoms with E-state index in [1.165, 1.54) is 5.56 Å². The van der Waals surface area contributed by atoms with Gasteiger partial charge in [-0.25, -0.2) is 4.79 Å². The molecule has 6 heteroatoms. The Bertz CT molecular complexity index is 678. The number of piperidine rings is 1. The van der Waals surface area contributed by atoms with Gasteiger partial charge in [-0.2, -0.15) is 0 Å². The smallest absolute Gasteiger partial charge is 0.320 e. The number of carbonyl (C=O) groups is 2. The summed E-state index contributed by atoms with van der Waals surface area (Å²) in [6, 6.07) is 8.58. The molecule has 0 unspecified atom stereocenters. The lowest BCUT2D eigenvalue weighted by Gasteiger charge is -2.39. The van der Waals surface area contributed by atoms with Crippen molar-refractivity contribution in [2.24, 2.45) is 5.92 Å². The van der Waals surface area contributed by atoms with Crippen molar-refractivity contribution in [3.8, 4) is 0 Å². The minimum absolute atomic E-state index is 0.0211. The van der Waals surface area contributed by atoms with Gasteiger partial charge in [-0.3, -0.25) is 4.79 Å². The Morgan fingerprint density at radius 3 is 2.32 bits per heavy atom. The molecule has 0 radical (unpaired) electrons. The van der Waals surface area contributed by atoms with Crippen LogP contribution in [-0.4, -0.2) is 53.5 Å².